The second-order valence-corrected chi connectivity index (χ2v) is 21.4. The van der Waals surface area contributed by atoms with E-state index < -0.39 is 45.5 Å². The number of hydrogen-bond donors (Lipinski definition) is 0. The van der Waals surface area contributed by atoms with Crippen molar-refractivity contribution in [2.45, 2.75) is 50.5 Å². The summed E-state index contributed by atoms with van der Waals surface area (Å²) in [4.78, 5) is 32.1. The van der Waals surface area contributed by atoms with Crippen LogP contribution in [0.5, 0.6) is 11.5 Å². The number of carbonyl (C=O) groups is 1. The summed E-state index contributed by atoms with van der Waals surface area (Å²) in [6, 6.07) is 24.1. The van der Waals surface area contributed by atoms with Crippen LogP contribution in [0.3, 0.4) is 0 Å². The van der Waals surface area contributed by atoms with Crippen molar-refractivity contribution in [1.29, 1.82) is 0 Å². The van der Waals surface area contributed by atoms with Gasteiger partial charge in [-0.2, -0.15) is 0 Å². The van der Waals surface area contributed by atoms with E-state index in [1.54, 1.807) is 6.07 Å². The molecule has 2 heterocycles. The maximum atomic E-state index is 14.5. The molecule has 3 atom stereocenters. The summed E-state index contributed by atoms with van der Waals surface area (Å²) >= 11 is 0.422. The van der Waals surface area contributed by atoms with Gasteiger partial charge in [-0.25, -0.2) is 0 Å². The van der Waals surface area contributed by atoms with Gasteiger partial charge in [0.25, 0.3) is 0 Å². The number of alkyl halides is 4. The number of aromatic nitrogens is 1. The van der Waals surface area contributed by atoms with Crippen molar-refractivity contribution in [3.05, 3.63) is 133 Å². The summed E-state index contributed by atoms with van der Waals surface area (Å²) in [6.45, 7) is 0. The predicted molar refractivity (Wildman–Crippen MR) is 184 cm³/mol. The van der Waals surface area contributed by atoms with E-state index in [9.17, 15) is 27.2 Å². The molecule has 0 amide bonds. The molecule has 4 aromatic rings. The van der Waals surface area contributed by atoms with Gasteiger partial charge in [0.1, 0.15) is 0 Å². The van der Waals surface area contributed by atoms with Crippen LogP contribution >= 0.6 is 34.5 Å². The molecule has 47 heavy (non-hydrogen) atoms. The van der Waals surface area contributed by atoms with E-state index in [4.69, 9.17) is 14.5 Å². The Morgan fingerprint density at radius 1 is 1.00 bits per heavy atom. The molecule has 246 valence electrons. The normalized spacial score (nSPS) is 20.3. The van der Waals surface area contributed by atoms with Crippen LogP contribution in [0.4, 0.5) is 17.6 Å². The van der Waals surface area contributed by atoms with Crippen molar-refractivity contribution in [1.82, 2.24) is 4.98 Å². The minimum atomic E-state index is -4.98. The second kappa shape index (κ2) is 14.6. The molecule has 1 aliphatic carbocycles. The zero-order valence-electron chi connectivity index (χ0n) is 24.8. The first kappa shape index (κ1) is 33.8. The molecule has 1 aliphatic heterocycles. The van der Waals surface area contributed by atoms with Crippen LogP contribution in [0.2, 0.25) is 0 Å². The topological polar surface area (TPSA) is 74.7 Å². The van der Waals surface area contributed by atoms with E-state index in [2.05, 4.69) is 35.5 Å². The molecular weight excluding hydrogens is 844 g/mol. The van der Waals surface area contributed by atoms with Crippen LogP contribution in [-0.4, -0.2) is 21.9 Å². The summed E-state index contributed by atoms with van der Waals surface area (Å²) < 4.78 is 68.9. The number of nitrogens with zero attached hydrogens (tertiary/aromatic N) is 1. The predicted octanol–water partition coefficient (Wildman–Crippen LogP) is 8.86. The Kier molecular flexibility index (Phi) is 10.5. The third kappa shape index (κ3) is 8.13. The summed E-state index contributed by atoms with van der Waals surface area (Å²) in [5.41, 5.74) is 4.15. The van der Waals surface area contributed by atoms with Crippen molar-refractivity contribution in [3.8, 4) is 11.5 Å². The molecular formula is C35H29F4I2NO5. The third-order valence-corrected chi connectivity index (χ3v) is 15.2. The molecule has 0 saturated carbocycles. The van der Waals surface area contributed by atoms with E-state index in [-0.39, 0.29) is 29.8 Å². The van der Waals surface area contributed by atoms with Gasteiger partial charge in [0.2, 0.25) is 0 Å². The number of rotatable bonds is 6. The van der Waals surface area contributed by atoms with Gasteiger partial charge >= 0.3 is 269 Å². The molecule has 6 nitrogen and oxygen atoms in total. The Bertz CT molecular complexity index is 1810. The first-order valence-corrected chi connectivity index (χ1v) is 23.8. The van der Waals surface area contributed by atoms with Gasteiger partial charge in [0.15, 0.2) is 0 Å². The fourth-order valence-electron chi connectivity index (χ4n) is 6.16. The Hall–Kier alpha value is -3.11. The summed E-state index contributed by atoms with van der Waals surface area (Å²) in [7, 11) is 0. The number of benzene rings is 3. The van der Waals surface area contributed by atoms with Crippen LogP contribution in [0, 0.1) is 15.4 Å². The third-order valence-electron chi connectivity index (χ3n) is 8.20. The van der Waals surface area contributed by atoms with Gasteiger partial charge in [-0.05, 0) is 0 Å². The molecule has 12 heteroatoms. The van der Waals surface area contributed by atoms with Gasteiger partial charge in [-0.15, -0.1) is 13.2 Å². The number of ether oxygens (including phenoxy) is 3. The van der Waals surface area contributed by atoms with Crippen LogP contribution in [0.1, 0.15) is 59.2 Å². The fraction of sp³-hybridized carbons (Fsp3) is 0.286. The molecule has 0 spiro atoms. The summed E-state index contributed by atoms with van der Waals surface area (Å²) in [6.07, 6.45) is -3.22. The molecule has 3 aromatic carbocycles. The molecule has 0 N–H and O–H groups in total. The average molecular weight is 873 g/mol. The minimum absolute atomic E-state index is 0.0747. The van der Waals surface area contributed by atoms with Crippen molar-refractivity contribution in [3.63, 3.8) is 0 Å². The molecule has 0 bridgehead atoms. The second-order valence-electron chi connectivity index (χ2n) is 11.4. The standard InChI is InChI=1S/C35H29F4I2NO5/c36-27-18-24(47-35(37,38)39)14-15-30(27)46-31(44)17-21-8-7-13-25-28(16-21)42-34-26(19-29(25)43)32(22-9-3-1-4-10-22)33(45-20-41(34)40)23-11-5-2-6-12-23/h1-6,9-12,14-15,18-19,21,32-33H,7-8,13,16-17,20H2. The van der Waals surface area contributed by atoms with Gasteiger partial charge in [0.05, 0.1) is 0 Å². The zero-order chi connectivity index (χ0) is 33.1. The number of hydrogen-bond acceptors (Lipinski definition) is 6. The average Bonchev–Trinajstić information content (AvgIpc) is 3.37. The quantitative estimate of drug-likeness (QED) is 0.0482. The first-order chi connectivity index (χ1) is 22.6. The Morgan fingerprint density at radius 3 is 2.38 bits per heavy atom. The Balaban J connectivity index is 1.30. The Labute approximate surface area is 285 Å². The molecule has 6 rings (SSSR count). The van der Waals surface area contributed by atoms with Crippen LogP contribution < -0.4 is 14.9 Å². The zero-order valence-corrected chi connectivity index (χ0v) is 29.1. The molecule has 1 aromatic heterocycles. The number of fused-ring (bicyclic) bond motifs is 2. The summed E-state index contributed by atoms with van der Waals surface area (Å²) in [5, 5.41) is 0. The van der Waals surface area contributed by atoms with Gasteiger partial charge < -0.3 is 4.74 Å². The number of carbonyl (C=O) groups excluding carboxylic acids is 1. The van der Waals surface area contributed by atoms with Gasteiger partial charge in [-0.1, -0.05) is 0 Å². The maximum absolute atomic E-state index is 14.5. The van der Waals surface area contributed by atoms with Crippen LogP contribution in [0.15, 0.2) is 89.7 Å². The molecule has 0 saturated heterocycles. The number of halogens is 6. The first-order valence-electron chi connectivity index (χ1n) is 14.9. The number of esters is 1. The SMILES string of the molecule is O=C(CC1CCCc2c(nc3c(cc2=O)C(c2ccccc2)C(c2ccccc2)OCI3I)C1)Oc1ccc(OC(F)(F)F)cc1F. The molecule has 0 fully saturated rings. The van der Waals surface area contributed by atoms with Gasteiger partial charge in [0, 0.05) is 0 Å². The van der Waals surface area contributed by atoms with Crippen molar-refractivity contribution in [2.75, 3.05) is 4.61 Å². The summed E-state index contributed by atoms with van der Waals surface area (Å²) in [5.74, 6) is -3.61. The van der Waals surface area contributed by atoms with Crippen molar-refractivity contribution >= 4 is 40.4 Å². The van der Waals surface area contributed by atoms with Crippen molar-refractivity contribution < 1.29 is 36.6 Å². The molecule has 0 radical (unpaired) electrons. The van der Waals surface area contributed by atoms with E-state index in [0.29, 0.717) is 47.6 Å². The van der Waals surface area contributed by atoms with E-state index in [1.807, 2.05) is 48.5 Å². The Morgan fingerprint density at radius 2 is 1.70 bits per heavy atom. The van der Waals surface area contributed by atoms with E-state index in [1.165, 1.54) is 0 Å². The fourth-order valence-corrected chi connectivity index (χ4v) is 12.0. The molecule has 2 aliphatic rings. The van der Waals surface area contributed by atoms with Crippen molar-refractivity contribution in [2.24, 2.45) is 5.92 Å². The molecule has 3 unspecified atom stereocenters. The monoisotopic (exact) mass is 873 g/mol. The van der Waals surface area contributed by atoms with E-state index in [0.717, 1.165) is 32.5 Å². The van der Waals surface area contributed by atoms with Crippen LogP contribution in [0.25, 0.3) is 0 Å². The van der Waals surface area contributed by atoms with Crippen LogP contribution in [-0.2, 0) is 22.4 Å². The van der Waals surface area contributed by atoms with E-state index >= 15 is 0 Å². The van der Waals surface area contributed by atoms with Gasteiger partial charge in [-0.3, -0.25) is 0 Å².